The molecule has 1 aromatic carbocycles. The number of ether oxygens (including phenoxy) is 4. The van der Waals surface area contributed by atoms with Crippen LogP contribution in [0.5, 0.6) is 5.75 Å². The van der Waals surface area contributed by atoms with Gasteiger partial charge in [0.15, 0.2) is 5.96 Å². The van der Waals surface area contributed by atoms with Crippen molar-refractivity contribution in [1.82, 2.24) is 5.32 Å². The molecule has 0 bridgehead atoms. The lowest BCUT2D eigenvalue weighted by Gasteiger charge is -2.14. The maximum atomic E-state index is 5.71. The van der Waals surface area contributed by atoms with Crippen LogP contribution in [-0.2, 0) is 14.2 Å². The number of rotatable bonds is 16. The molecule has 2 rings (SSSR count). The smallest absolute Gasteiger partial charge is 0.195 e. The summed E-state index contributed by atoms with van der Waals surface area (Å²) in [5.74, 6) is 2.44. The number of benzene rings is 1. The molecule has 0 unspecified atom stereocenters. The van der Waals surface area contributed by atoms with Crippen molar-refractivity contribution in [2.24, 2.45) is 10.9 Å². The van der Waals surface area contributed by atoms with E-state index >= 15 is 0 Å². The molecular weight excluding hydrogens is 509 g/mol. The van der Waals surface area contributed by atoms with Gasteiger partial charge in [0.2, 0.25) is 0 Å². The van der Waals surface area contributed by atoms with Gasteiger partial charge in [-0.1, -0.05) is 0 Å². The van der Waals surface area contributed by atoms with Crippen LogP contribution in [0.1, 0.15) is 39.5 Å². The topological polar surface area (TPSA) is 73.3 Å². The molecule has 0 heterocycles. The summed E-state index contributed by atoms with van der Waals surface area (Å²) >= 11 is 0. The zero-order valence-corrected chi connectivity index (χ0v) is 21.6. The Morgan fingerprint density at radius 3 is 2.45 bits per heavy atom. The summed E-state index contributed by atoms with van der Waals surface area (Å²) in [6.07, 6.45) is 4.63. The van der Waals surface area contributed by atoms with E-state index < -0.39 is 0 Å². The summed E-state index contributed by atoms with van der Waals surface area (Å²) in [4.78, 5) is 4.69. The first-order valence-corrected chi connectivity index (χ1v) is 11.1. The van der Waals surface area contributed by atoms with Gasteiger partial charge in [0.1, 0.15) is 5.75 Å². The quantitative estimate of drug-likeness (QED) is 0.139. The number of hydrogen-bond acceptors (Lipinski definition) is 5. The van der Waals surface area contributed by atoms with Gasteiger partial charge in [-0.15, -0.1) is 24.0 Å². The molecule has 2 N–H and O–H groups in total. The molecule has 0 aromatic heterocycles. The average molecular weight is 549 g/mol. The predicted octanol–water partition coefficient (Wildman–Crippen LogP) is 4.32. The number of methoxy groups -OCH3 is 1. The van der Waals surface area contributed by atoms with E-state index in [1.807, 2.05) is 38.1 Å². The predicted molar refractivity (Wildman–Crippen MR) is 137 cm³/mol. The average Bonchev–Trinajstić information content (AvgIpc) is 3.55. The molecule has 0 atom stereocenters. The minimum absolute atomic E-state index is 0. The second-order valence-electron chi connectivity index (χ2n) is 7.80. The highest BCUT2D eigenvalue weighted by Gasteiger charge is 2.20. The van der Waals surface area contributed by atoms with E-state index in [-0.39, 0.29) is 30.1 Å². The molecular formula is C23H40IN3O4. The van der Waals surface area contributed by atoms with Crippen LogP contribution >= 0.6 is 24.0 Å². The van der Waals surface area contributed by atoms with Crippen LogP contribution in [0, 0.1) is 5.92 Å². The van der Waals surface area contributed by atoms with Crippen LogP contribution < -0.4 is 15.4 Å². The SMILES string of the molecule is COCCOCCCNC(=NCCCOCC1CC1)Nc1ccc(OC(C)C)cc1.I. The van der Waals surface area contributed by atoms with E-state index in [1.54, 1.807) is 7.11 Å². The highest BCUT2D eigenvalue weighted by atomic mass is 127. The van der Waals surface area contributed by atoms with Gasteiger partial charge in [-0.2, -0.15) is 0 Å². The fraction of sp³-hybridized carbons (Fsp3) is 0.696. The molecule has 1 aliphatic rings. The zero-order chi connectivity index (χ0) is 21.4. The fourth-order valence-corrected chi connectivity index (χ4v) is 2.68. The summed E-state index contributed by atoms with van der Waals surface area (Å²) < 4.78 is 21.9. The van der Waals surface area contributed by atoms with E-state index in [2.05, 4.69) is 10.6 Å². The molecule has 1 saturated carbocycles. The fourth-order valence-electron chi connectivity index (χ4n) is 2.68. The lowest BCUT2D eigenvalue weighted by Crippen LogP contribution is -2.32. The Hall–Kier alpha value is -1.10. The Bertz CT molecular complexity index is 595. The standard InChI is InChI=1S/C23H39N3O4.HI/c1-19(2)30-22-10-8-21(9-11-22)26-23(24-12-4-14-28-17-16-27-3)25-13-5-15-29-18-20-6-7-20;/h8-11,19-20H,4-7,12-18H2,1-3H3,(H2,24,25,26);1H. The highest BCUT2D eigenvalue weighted by molar-refractivity contribution is 14.0. The van der Waals surface area contributed by atoms with Crippen LogP contribution in [0.25, 0.3) is 0 Å². The summed E-state index contributed by atoms with van der Waals surface area (Å²) in [5, 5.41) is 6.75. The normalized spacial score (nSPS) is 13.7. The Labute approximate surface area is 204 Å². The monoisotopic (exact) mass is 549 g/mol. The second-order valence-corrected chi connectivity index (χ2v) is 7.80. The second kappa shape index (κ2) is 17.5. The number of halogens is 1. The van der Waals surface area contributed by atoms with E-state index in [0.29, 0.717) is 19.8 Å². The van der Waals surface area contributed by atoms with Gasteiger partial charge in [0.25, 0.3) is 0 Å². The van der Waals surface area contributed by atoms with Crippen LogP contribution in [0.15, 0.2) is 29.3 Å². The lowest BCUT2D eigenvalue weighted by molar-refractivity contribution is 0.0699. The number of guanidine groups is 1. The summed E-state index contributed by atoms with van der Waals surface area (Å²) in [6, 6.07) is 7.94. The molecule has 0 radical (unpaired) electrons. The van der Waals surface area contributed by atoms with Gasteiger partial charge in [0, 0.05) is 45.7 Å². The Morgan fingerprint density at radius 2 is 1.77 bits per heavy atom. The van der Waals surface area contributed by atoms with Crippen LogP contribution in [-0.4, -0.2) is 65.3 Å². The van der Waals surface area contributed by atoms with Crippen molar-refractivity contribution < 1.29 is 18.9 Å². The number of hydrogen-bond donors (Lipinski definition) is 2. The number of anilines is 1. The molecule has 1 aromatic rings. The molecule has 178 valence electrons. The van der Waals surface area contributed by atoms with Crippen molar-refractivity contribution in [2.75, 3.05) is 58.6 Å². The molecule has 0 spiro atoms. The van der Waals surface area contributed by atoms with Gasteiger partial charge < -0.3 is 29.6 Å². The van der Waals surface area contributed by atoms with E-state index in [4.69, 9.17) is 23.9 Å². The van der Waals surface area contributed by atoms with Gasteiger partial charge >= 0.3 is 0 Å². The maximum Gasteiger partial charge on any atom is 0.195 e. The van der Waals surface area contributed by atoms with Gasteiger partial charge in [-0.25, -0.2) is 0 Å². The molecule has 31 heavy (non-hydrogen) atoms. The third kappa shape index (κ3) is 14.6. The van der Waals surface area contributed by atoms with Crippen molar-refractivity contribution in [3.8, 4) is 5.75 Å². The first-order valence-electron chi connectivity index (χ1n) is 11.1. The minimum Gasteiger partial charge on any atom is -0.491 e. The molecule has 1 aliphatic carbocycles. The number of aliphatic imine (C=N–C) groups is 1. The van der Waals surface area contributed by atoms with Crippen molar-refractivity contribution in [3.05, 3.63) is 24.3 Å². The highest BCUT2D eigenvalue weighted by Crippen LogP contribution is 2.28. The third-order valence-corrected chi connectivity index (χ3v) is 4.45. The Balaban J connectivity index is 0.00000480. The van der Waals surface area contributed by atoms with Crippen molar-refractivity contribution in [1.29, 1.82) is 0 Å². The molecule has 7 nitrogen and oxygen atoms in total. The van der Waals surface area contributed by atoms with Crippen LogP contribution in [0.3, 0.4) is 0 Å². The van der Waals surface area contributed by atoms with Crippen LogP contribution in [0.4, 0.5) is 5.69 Å². The van der Waals surface area contributed by atoms with Gasteiger partial charge in [0.05, 0.1) is 19.3 Å². The van der Waals surface area contributed by atoms with Gasteiger partial charge in [-0.05, 0) is 69.7 Å². The first kappa shape index (κ1) is 27.9. The lowest BCUT2D eigenvalue weighted by atomic mass is 10.3. The summed E-state index contributed by atoms with van der Waals surface area (Å²) in [5.41, 5.74) is 0.971. The molecule has 8 heteroatoms. The molecule has 0 aliphatic heterocycles. The number of nitrogens with one attached hydrogen (secondary N) is 2. The molecule has 0 amide bonds. The Kier molecular flexibility index (Phi) is 15.7. The van der Waals surface area contributed by atoms with Crippen molar-refractivity contribution >= 4 is 35.6 Å². The first-order chi connectivity index (χ1) is 14.7. The Morgan fingerprint density at radius 1 is 1.03 bits per heavy atom. The summed E-state index contributed by atoms with van der Waals surface area (Å²) in [6.45, 7) is 9.16. The number of nitrogens with zero attached hydrogens (tertiary/aromatic N) is 1. The minimum atomic E-state index is 0. The van der Waals surface area contributed by atoms with Crippen molar-refractivity contribution in [3.63, 3.8) is 0 Å². The third-order valence-electron chi connectivity index (χ3n) is 4.45. The molecule has 0 saturated heterocycles. The largest absolute Gasteiger partial charge is 0.491 e. The van der Waals surface area contributed by atoms with Gasteiger partial charge in [-0.3, -0.25) is 4.99 Å². The van der Waals surface area contributed by atoms with Crippen molar-refractivity contribution in [2.45, 2.75) is 45.6 Å². The zero-order valence-electron chi connectivity index (χ0n) is 19.2. The van der Waals surface area contributed by atoms with E-state index in [0.717, 1.165) is 62.5 Å². The van der Waals surface area contributed by atoms with E-state index in [9.17, 15) is 0 Å². The maximum absolute atomic E-state index is 5.71. The molecule has 1 fully saturated rings. The van der Waals surface area contributed by atoms with E-state index in [1.165, 1.54) is 12.8 Å². The summed E-state index contributed by atoms with van der Waals surface area (Å²) in [7, 11) is 1.68. The van der Waals surface area contributed by atoms with Crippen LogP contribution in [0.2, 0.25) is 0 Å².